The molecule has 0 unspecified atom stereocenters. The number of piperidine rings is 1. The SMILES string of the molecule is O=C(O)Nc1ccccc1-c1nc(CC(F)F)cs1.O=C(OCC1CCNCC1)C(F)(F)F. The molecule has 0 spiro atoms. The number of nitrogens with zero attached hydrogens (tertiary/aromatic N) is 1. The van der Waals surface area contributed by atoms with E-state index in [9.17, 15) is 31.5 Å². The van der Waals surface area contributed by atoms with Crippen LogP contribution in [-0.2, 0) is 16.0 Å². The zero-order chi connectivity index (χ0) is 24.4. The third-order valence-electron chi connectivity index (χ3n) is 4.45. The molecule has 0 saturated carbocycles. The molecule has 1 saturated heterocycles. The number of aromatic nitrogens is 1. The summed E-state index contributed by atoms with van der Waals surface area (Å²) in [5.41, 5.74) is 1.27. The predicted octanol–water partition coefficient (Wildman–Crippen LogP) is 4.80. The van der Waals surface area contributed by atoms with Gasteiger partial charge in [-0.05, 0) is 44.0 Å². The van der Waals surface area contributed by atoms with Gasteiger partial charge in [0.1, 0.15) is 5.01 Å². The largest absolute Gasteiger partial charge is 0.490 e. The van der Waals surface area contributed by atoms with Crippen LogP contribution in [0.3, 0.4) is 0 Å². The first-order chi connectivity index (χ1) is 15.6. The van der Waals surface area contributed by atoms with Crippen LogP contribution in [0.25, 0.3) is 10.6 Å². The Balaban J connectivity index is 0.000000245. The molecule has 1 aliphatic heterocycles. The number of benzene rings is 1. The highest BCUT2D eigenvalue weighted by molar-refractivity contribution is 7.13. The second-order valence-electron chi connectivity index (χ2n) is 7.00. The van der Waals surface area contributed by atoms with Crippen molar-refractivity contribution in [1.82, 2.24) is 10.3 Å². The van der Waals surface area contributed by atoms with E-state index < -0.39 is 31.1 Å². The van der Waals surface area contributed by atoms with Crippen LogP contribution in [-0.4, -0.2) is 54.5 Å². The number of carboxylic acid groups (broad SMARTS) is 1. The summed E-state index contributed by atoms with van der Waals surface area (Å²) >= 11 is 1.21. The maximum Gasteiger partial charge on any atom is 0.490 e. The number of thiazole rings is 1. The van der Waals surface area contributed by atoms with Crippen molar-refractivity contribution in [2.75, 3.05) is 25.0 Å². The number of para-hydroxylation sites is 1. The average molecular weight is 495 g/mol. The third kappa shape index (κ3) is 9.30. The van der Waals surface area contributed by atoms with Crippen molar-refractivity contribution < 1.29 is 41.4 Å². The van der Waals surface area contributed by atoms with Crippen LogP contribution in [0.4, 0.5) is 32.4 Å². The number of anilines is 1. The lowest BCUT2D eigenvalue weighted by atomic mass is 9.99. The molecule has 1 aliphatic rings. The number of carbonyl (C=O) groups is 2. The topological polar surface area (TPSA) is 101 Å². The van der Waals surface area contributed by atoms with Gasteiger partial charge in [0.2, 0.25) is 6.43 Å². The lowest BCUT2D eigenvalue weighted by molar-refractivity contribution is -0.201. The van der Waals surface area contributed by atoms with Crippen molar-refractivity contribution in [2.24, 2.45) is 5.92 Å². The lowest BCUT2D eigenvalue weighted by Crippen LogP contribution is -2.33. The van der Waals surface area contributed by atoms with Gasteiger partial charge in [-0.25, -0.2) is 23.4 Å². The van der Waals surface area contributed by atoms with Gasteiger partial charge in [0.25, 0.3) is 0 Å². The Morgan fingerprint density at radius 3 is 2.52 bits per heavy atom. The number of ether oxygens (including phenoxy) is 1. The minimum absolute atomic E-state index is 0.0579. The molecule has 1 aromatic heterocycles. The number of hydrogen-bond acceptors (Lipinski definition) is 6. The molecule has 1 aromatic carbocycles. The summed E-state index contributed by atoms with van der Waals surface area (Å²) in [5, 5.41) is 16.1. The first-order valence-corrected chi connectivity index (χ1v) is 10.7. The van der Waals surface area contributed by atoms with E-state index in [-0.39, 0.29) is 12.5 Å². The van der Waals surface area contributed by atoms with Gasteiger partial charge in [0.05, 0.1) is 24.4 Å². The fraction of sp³-hybridized carbons (Fsp3) is 0.450. The molecule has 1 fully saturated rings. The van der Waals surface area contributed by atoms with Gasteiger partial charge in [-0.1, -0.05) is 12.1 Å². The fourth-order valence-electron chi connectivity index (χ4n) is 2.90. The van der Waals surface area contributed by atoms with Gasteiger partial charge in [-0.15, -0.1) is 11.3 Å². The number of halogens is 5. The number of nitrogens with one attached hydrogen (secondary N) is 2. The molecule has 1 amide bonds. The summed E-state index contributed by atoms with van der Waals surface area (Å²) in [6.07, 6.45) is -7.38. The number of esters is 1. The molecule has 3 N–H and O–H groups in total. The number of carbonyl (C=O) groups excluding carboxylic acids is 1. The zero-order valence-corrected chi connectivity index (χ0v) is 18.0. The minimum atomic E-state index is -4.87. The zero-order valence-electron chi connectivity index (χ0n) is 17.2. The van der Waals surface area contributed by atoms with Crippen molar-refractivity contribution >= 4 is 29.1 Å². The van der Waals surface area contributed by atoms with E-state index in [1.807, 2.05) is 0 Å². The van der Waals surface area contributed by atoms with Crippen molar-refractivity contribution in [3.63, 3.8) is 0 Å². The van der Waals surface area contributed by atoms with Crippen LogP contribution < -0.4 is 10.6 Å². The van der Waals surface area contributed by atoms with Crippen molar-refractivity contribution in [3.8, 4) is 10.6 Å². The van der Waals surface area contributed by atoms with Crippen molar-refractivity contribution in [1.29, 1.82) is 0 Å². The van der Waals surface area contributed by atoms with Crippen LogP contribution in [0, 0.1) is 5.92 Å². The predicted molar refractivity (Wildman–Crippen MR) is 112 cm³/mol. The van der Waals surface area contributed by atoms with E-state index in [1.54, 1.807) is 29.6 Å². The quantitative estimate of drug-likeness (QED) is 0.393. The smallest absolute Gasteiger partial charge is 0.465 e. The summed E-state index contributed by atoms with van der Waals surface area (Å²) in [4.78, 5) is 25.1. The molecule has 13 heteroatoms. The van der Waals surface area contributed by atoms with Gasteiger partial charge < -0.3 is 15.2 Å². The Morgan fingerprint density at radius 2 is 1.91 bits per heavy atom. The van der Waals surface area contributed by atoms with Gasteiger partial charge >= 0.3 is 18.2 Å². The fourth-order valence-corrected chi connectivity index (χ4v) is 3.77. The number of hydrogen-bond donors (Lipinski definition) is 3. The van der Waals surface area contributed by atoms with Gasteiger partial charge in [-0.2, -0.15) is 13.2 Å². The normalized spacial score (nSPS) is 14.4. The molecule has 182 valence electrons. The second kappa shape index (κ2) is 12.4. The minimum Gasteiger partial charge on any atom is -0.465 e. The molecule has 2 heterocycles. The highest BCUT2D eigenvalue weighted by atomic mass is 32.1. The molecular weight excluding hydrogens is 473 g/mol. The molecular formula is C20H22F5N3O4S. The maximum absolute atomic E-state index is 12.3. The van der Waals surface area contributed by atoms with E-state index in [2.05, 4.69) is 20.4 Å². The van der Waals surface area contributed by atoms with Gasteiger partial charge in [0.15, 0.2) is 0 Å². The summed E-state index contributed by atoms with van der Waals surface area (Å²) < 4.78 is 63.8. The summed E-state index contributed by atoms with van der Waals surface area (Å²) in [6.45, 7) is 1.42. The summed E-state index contributed by atoms with van der Waals surface area (Å²) in [7, 11) is 0. The number of amides is 1. The highest BCUT2D eigenvalue weighted by Crippen LogP contribution is 2.31. The van der Waals surface area contributed by atoms with E-state index in [0.717, 1.165) is 25.9 Å². The Kier molecular flexibility index (Phi) is 9.97. The Bertz CT molecular complexity index is 917. The Hall–Kier alpha value is -2.80. The molecule has 3 rings (SSSR count). The number of alkyl halides is 5. The second-order valence-corrected chi connectivity index (χ2v) is 7.86. The average Bonchev–Trinajstić information content (AvgIpc) is 3.20. The first kappa shape index (κ1) is 26.5. The van der Waals surface area contributed by atoms with E-state index in [1.165, 1.54) is 11.3 Å². The van der Waals surface area contributed by atoms with Crippen LogP contribution in [0.15, 0.2) is 29.6 Å². The molecule has 0 radical (unpaired) electrons. The van der Waals surface area contributed by atoms with E-state index in [4.69, 9.17) is 5.11 Å². The Labute approximate surface area is 190 Å². The van der Waals surface area contributed by atoms with Gasteiger partial charge in [-0.3, -0.25) is 5.32 Å². The molecule has 33 heavy (non-hydrogen) atoms. The highest BCUT2D eigenvalue weighted by Gasteiger charge is 2.41. The van der Waals surface area contributed by atoms with Crippen molar-refractivity contribution in [3.05, 3.63) is 35.3 Å². The Morgan fingerprint density at radius 1 is 1.24 bits per heavy atom. The monoisotopic (exact) mass is 495 g/mol. The lowest BCUT2D eigenvalue weighted by Gasteiger charge is -2.22. The van der Waals surface area contributed by atoms with Crippen LogP contribution in [0.2, 0.25) is 0 Å². The van der Waals surface area contributed by atoms with E-state index in [0.29, 0.717) is 22.0 Å². The number of rotatable bonds is 6. The summed E-state index contributed by atoms with van der Waals surface area (Å²) in [6, 6.07) is 6.70. The maximum atomic E-state index is 12.3. The molecule has 0 atom stereocenters. The first-order valence-electron chi connectivity index (χ1n) is 9.82. The van der Waals surface area contributed by atoms with Crippen LogP contribution in [0.1, 0.15) is 18.5 Å². The standard InChI is InChI=1S/C12H10F2N2O2S.C8H12F3NO2/c13-10(14)5-7-6-19-11(15-7)8-3-1-2-4-9(8)16-12(17)18;9-8(10,11)7(13)14-5-6-1-3-12-4-2-6/h1-4,6,10,16H,5H2,(H,17,18);6,12H,1-5H2. The van der Waals surface area contributed by atoms with Crippen LogP contribution in [0.5, 0.6) is 0 Å². The molecule has 0 aliphatic carbocycles. The molecule has 2 aromatic rings. The molecule has 0 bridgehead atoms. The van der Waals surface area contributed by atoms with Crippen molar-refractivity contribution in [2.45, 2.75) is 31.9 Å². The van der Waals surface area contributed by atoms with Crippen LogP contribution >= 0.6 is 11.3 Å². The van der Waals surface area contributed by atoms with E-state index >= 15 is 0 Å². The summed E-state index contributed by atoms with van der Waals surface area (Å²) in [5.74, 6) is -2.03. The molecule has 7 nitrogen and oxygen atoms in total. The van der Waals surface area contributed by atoms with Gasteiger partial charge in [0, 0.05) is 10.9 Å². The third-order valence-corrected chi connectivity index (χ3v) is 5.38.